The monoisotopic (exact) mass is 311 g/mol. The second-order valence-corrected chi connectivity index (χ2v) is 6.83. The Kier molecular flexibility index (Phi) is 3.68. The molecule has 1 fully saturated rings. The fourth-order valence-electron chi connectivity index (χ4n) is 4.09. The lowest BCUT2D eigenvalue weighted by atomic mass is 9.94. The van der Waals surface area contributed by atoms with Crippen LogP contribution in [0.2, 0.25) is 0 Å². The molecule has 1 aliphatic heterocycles. The van der Waals surface area contributed by atoms with Crippen molar-refractivity contribution in [3.05, 3.63) is 47.5 Å². The number of esters is 1. The number of carbonyl (C=O) groups excluding carboxylic acids is 2. The molecule has 23 heavy (non-hydrogen) atoms. The van der Waals surface area contributed by atoms with Crippen LogP contribution in [-0.2, 0) is 27.3 Å². The molecule has 1 heterocycles. The summed E-state index contributed by atoms with van der Waals surface area (Å²) in [6.07, 6.45) is 7.14. The SMILES string of the molecule is O=C(OCC(=O)N1CCc2ccccc2C1)C1CC2C=CC1C2. The Hall–Kier alpha value is -2.10. The topological polar surface area (TPSA) is 46.6 Å². The molecule has 3 unspecified atom stereocenters. The first kappa shape index (κ1) is 14.5. The fourth-order valence-corrected chi connectivity index (χ4v) is 4.09. The number of hydrogen-bond acceptors (Lipinski definition) is 3. The maximum absolute atomic E-state index is 12.3. The van der Waals surface area contributed by atoms with E-state index in [4.69, 9.17) is 4.74 Å². The molecule has 1 aromatic carbocycles. The average molecular weight is 311 g/mol. The van der Waals surface area contributed by atoms with E-state index in [1.807, 2.05) is 12.1 Å². The van der Waals surface area contributed by atoms with E-state index in [1.54, 1.807) is 4.90 Å². The molecule has 0 spiro atoms. The predicted molar refractivity (Wildman–Crippen MR) is 85.4 cm³/mol. The van der Waals surface area contributed by atoms with Crippen LogP contribution in [0.15, 0.2) is 36.4 Å². The van der Waals surface area contributed by atoms with Gasteiger partial charge in [0.1, 0.15) is 0 Å². The molecule has 3 atom stereocenters. The molecule has 0 saturated heterocycles. The first-order valence-corrected chi connectivity index (χ1v) is 8.40. The summed E-state index contributed by atoms with van der Waals surface area (Å²) in [7, 11) is 0. The molecular formula is C19H21NO3. The summed E-state index contributed by atoms with van der Waals surface area (Å²) in [6, 6.07) is 8.19. The molecule has 1 saturated carbocycles. The van der Waals surface area contributed by atoms with E-state index in [9.17, 15) is 9.59 Å². The van der Waals surface area contributed by atoms with Crippen molar-refractivity contribution in [3.63, 3.8) is 0 Å². The van der Waals surface area contributed by atoms with Crippen LogP contribution in [0.25, 0.3) is 0 Å². The van der Waals surface area contributed by atoms with E-state index in [-0.39, 0.29) is 24.4 Å². The molecule has 4 nitrogen and oxygen atoms in total. The van der Waals surface area contributed by atoms with E-state index >= 15 is 0 Å². The van der Waals surface area contributed by atoms with E-state index in [0.29, 0.717) is 24.9 Å². The second kappa shape index (κ2) is 5.84. The number of allylic oxidation sites excluding steroid dienone is 2. The third-order valence-corrected chi connectivity index (χ3v) is 5.40. The first-order chi connectivity index (χ1) is 11.2. The Balaban J connectivity index is 1.31. The Bertz CT molecular complexity index is 666. The maximum atomic E-state index is 12.3. The lowest BCUT2D eigenvalue weighted by molar-refractivity contribution is -0.156. The molecule has 0 aromatic heterocycles. The van der Waals surface area contributed by atoms with E-state index in [0.717, 1.165) is 19.3 Å². The van der Waals surface area contributed by atoms with Crippen LogP contribution in [0.1, 0.15) is 24.0 Å². The number of hydrogen-bond donors (Lipinski definition) is 0. The second-order valence-electron chi connectivity index (χ2n) is 6.83. The molecule has 4 rings (SSSR count). The maximum Gasteiger partial charge on any atom is 0.310 e. The molecule has 3 aliphatic rings. The van der Waals surface area contributed by atoms with Gasteiger partial charge in [0.15, 0.2) is 6.61 Å². The molecule has 0 radical (unpaired) electrons. The summed E-state index contributed by atoms with van der Waals surface area (Å²) in [6.45, 7) is 1.19. The lowest BCUT2D eigenvalue weighted by Gasteiger charge is -2.29. The van der Waals surface area contributed by atoms with Crippen molar-refractivity contribution in [2.75, 3.05) is 13.2 Å². The summed E-state index contributed by atoms with van der Waals surface area (Å²) in [5.74, 6) is 0.523. The van der Waals surface area contributed by atoms with Gasteiger partial charge in [-0.3, -0.25) is 9.59 Å². The molecule has 2 bridgehead atoms. The van der Waals surface area contributed by atoms with E-state index in [1.165, 1.54) is 11.1 Å². The van der Waals surface area contributed by atoms with Gasteiger partial charge in [0.25, 0.3) is 5.91 Å². The Morgan fingerprint density at radius 2 is 1.96 bits per heavy atom. The third-order valence-electron chi connectivity index (χ3n) is 5.40. The van der Waals surface area contributed by atoms with Crippen molar-refractivity contribution in [2.24, 2.45) is 17.8 Å². The molecular weight excluding hydrogens is 290 g/mol. The van der Waals surface area contributed by atoms with Crippen LogP contribution in [0.4, 0.5) is 0 Å². The molecule has 1 amide bonds. The van der Waals surface area contributed by atoms with Gasteiger partial charge in [-0.15, -0.1) is 0 Å². The van der Waals surface area contributed by atoms with Crippen LogP contribution in [-0.4, -0.2) is 29.9 Å². The molecule has 120 valence electrons. The zero-order chi connectivity index (χ0) is 15.8. The van der Waals surface area contributed by atoms with Gasteiger partial charge in [-0.2, -0.15) is 0 Å². The van der Waals surface area contributed by atoms with Gasteiger partial charge in [0.05, 0.1) is 5.92 Å². The molecule has 0 N–H and O–H groups in total. The standard InChI is InChI=1S/C19H21NO3/c21-18(20-8-7-14-3-1-2-4-16(14)11-20)12-23-19(22)17-10-13-5-6-15(17)9-13/h1-6,13,15,17H,7-12H2. The highest BCUT2D eigenvalue weighted by Crippen LogP contribution is 2.43. The minimum Gasteiger partial charge on any atom is -0.455 e. The van der Waals surface area contributed by atoms with Crippen molar-refractivity contribution >= 4 is 11.9 Å². The number of benzene rings is 1. The Morgan fingerprint density at radius 3 is 2.70 bits per heavy atom. The normalized spacial score (nSPS) is 27.8. The zero-order valence-electron chi connectivity index (χ0n) is 13.1. The van der Waals surface area contributed by atoms with Gasteiger partial charge >= 0.3 is 5.97 Å². The summed E-state index contributed by atoms with van der Waals surface area (Å²) in [4.78, 5) is 26.3. The largest absolute Gasteiger partial charge is 0.455 e. The minimum absolute atomic E-state index is 0.0418. The van der Waals surface area contributed by atoms with E-state index < -0.39 is 0 Å². The van der Waals surface area contributed by atoms with Crippen LogP contribution in [0.3, 0.4) is 0 Å². The Labute approximate surface area is 136 Å². The number of ether oxygens (including phenoxy) is 1. The van der Waals surface area contributed by atoms with Gasteiger partial charge in [0.2, 0.25) is 0 Å². The number of nitrogens with zero attached hydrogens (tertiary/aromatic N) is 1. The van der Waals surface area contributed by atoms with Crippen molar-refractivity contribution in [2.45, 2.75) is 25.8 Å². The van der Waals surface area contributed by atoms with Gasteiger partial charge in [0, 0.05) is 13.1 Å². The number of fused-ring (bicyclic) bond motifs is 3. The molecule has 1 aromatic rings. The molecule has 2 aliphatic carbocycles. The van der Waals surface area contributed by atoms with Crippen LogP contribution >= 0.6 is 0 Å². The number of rotatable bonds is 3. The van der Waals surface area contributed by atoms with Gasteiger partial charge < -0.3 is 9.64 Å². The van der Waals surface area contributed by atoms with Crippen LogP contribution in [0.5, 0.6) is 0 Å². The van der Waals surface area contributed by atoms with Gasteiger partial charge in [-0.25, -0.2) is 0 Å². The number of carbonyl (C=O) groups is 2. The predicted octanol–water partition coefficient (Wildman–Crippen LogP) is 2.33. The average Bonchev–Trinajstić information content (AvgIpc) is 3.22. The number of amides is 1. The first-order valence-electron chi connectivity index (χ1n) is 8.40. The summed E-state index contributed by atoms with van der Waals surface area (Å²) < 4.78 is 5.32. The fraction of sp³-hybridized carbons (Fsp3) is 0.474. The minimum atomic E-state index is -0.201. The highest BCUT2D eigenvalue weighted by atomic mass is 16.5. The van der Waals surface area contributed by atoms with Crippen molar-refractivity contribution in [1.29, 1.82) is 0 Å². The van der Waals surface area contributed by atoms with Gasteiger partial charge in [-0.1, -0.05) is 36.4 Å². The summed E-state index contributed by atoms with van der Waals surface area (Å²) in [5, 5.41) is 0. The zero-order valence-corrected chi connectivity index (χ0v) is 13.1. The lowest BCUT2D eigenvalue weighted by Crippen LogP contribution is -2.39. The summed E-state index contributed by atoms with van der Waals surface area (Å²) in [5.41, 5.74) is 2.50. The quantitative estimate of drug-likeness (QED) is 0.636. The summed E-state index contributed by atoms with van der Waals surface area (Å²) >= 11 is 0. The molecule has 4 heteroatoms. The van der Waals surface area contributed by atoms with Gasteiger partial charge in [-0.05, 0) is 42.2 Å². The smallest absolute Gasteiger partial charge is 0.310 e. The third kappa shape index (κ3) is 2.78. The highest BCUT2D eigenvalue weighted by molar-refractivity contribution is 5.82. The Morgan fingerprint density at radius 1 is 1.13 bits per heavy atom. The van der Waals surface area contributed by atoms with Crippen molar-refractivity contribution in [3.8, 4) is 0 Å². The van der Waals surface area contributed by atoms with Crippen LogP contribution < -0.4 is 0 Å². The highest BCUT2D eigenvalue weighted by Gasteiger charge is 2.41. The van der Waals surface area contributed by atoms with Crippen molar-refractivity contribution < 1.29 is 14.3 Å². The van der Waals surface area contributed by atoms with E-state index in [2.05, 4.69) is 24.3 Å². The van der Waals surface area contributed by atoms with Crippen LogP contribution in [0, 0.1) is 17.8 Å². The van der Waals surface area contributed by atoms with Crippen molar-refractivity contribution in [1.82, 2.24) is 4.90 Å².